The van der Waals surface area contributed by atoms with Gasteiger partial charge in [-0.2, -0.15) is 4.98 Å². The Bertz CT molecular complexity index is 1080. The molecule has 0 saturated carbocycles. The second-order valence-electron chi connectivity index (χ2n) is 8.62. The van der Waals surface area contributed by atoms with Gasteiger partial charge in [0.25, 0.3) is 5.89 Å². The van der Waals surface area contributed by atoms with Crippen molar-refractivity contribution in [3.05, 3.63) is 58.1 Å². The summed E-state index contributed by atoms with van der Waals surface area (Å²) in [6, 6.07) is 13.7. The molecule has 0 aliphatic rings. The number of hydrogen-bond acceptors (Lipinski definition) is 7. The highest BCUT2D eigenvalue weighted by atomic mass is 79.9. The molecule has 3 aromatic rings. The SMILES string of the molecule is COCc1cc(-c2nc(-c3cccc(CN(C)CC(=O)OC(C)(C)C)c3)no2)ccc1Br. The Hall–Kier alpha value is -2.55. The highest BCUT2D eigenvalue weighted by Gasteiger charge is 2.18. The number of ether oxygens (including phenoxy) is 2. The van der Waals surface area contributed by atoms with E-state index in [9.17, 15) is 4.79 Å². The molecular formula is C24H28BrN3O4. The minimum Gasteiger partial charge on any atom is -0.459 e. The summed E-state index contributed by atoms with van der Waals surface area (Å²) in [6.45, 7) is 6.86. The number of benzene rings is 2. The number of carbonyl (C=O) groups is 1. The van der Waals surface area contributed by atoms with Crippen LogP contribution >= 0.6 is 15.9 Å². The fraction of sp³-hybridized carbons (Fsp3) is 0.375. The van der Waals surface area contributed by atoms with Crippen molar-refractivity contribution < 1.29 is 18.8 Å². The number of esters is 1. The maximum Gasteiger partial charge on any atom is 0.320 e. The summed E-state index contributed by atoms with van der Waals surface area (Å²) < 4.78 is 17.1. The first-order valence-corrected chi connectivity index (χ1v) is 11.0. The number of rotatable bonds is 8. The Morgan fingerprint density at radius 1 is 1.16 bits per heavy atom. The molecule has 7 nitrogen and oxygen atoms in total. The lowest BCUT2D eigenvalue weighted by molar-refractivity contribution is -0.155. The first-order chi connectivity index (χ1) is 15.1. The van der Waals surface area contributed by atoms with Crippen LogP contribution in [0.15, 0.2) is 51.5 Å². The zero-order chi connectivity index (χ0) is 23.3. The lowest BCUT2D eigenvalue weighted by Gasteiger charge is -2.22. The van der Waals surface area contributed by atoms with Crippen LogP contribution in [0, 0.1) is 0 Å². The average Bonchev–Trinajstić information content (AvgIpc) is 3.18. The Balaban J connectivity index is 1.72. The van der Waals surface area contributed by atoms with Crippen LogP contribution in [-0.2, 0) is 27.4 Å². The van der Waals surface area contributed by atoms with E-state index in [4.69, 9.17) is 14.0 Å². The summed E-state index contributed by atoms with van der Waals surface area (Å²) in [5.41, 5.74) is 3.21. The van der Waals surface area contributed by atoms with Crippen LogP contribution in [0.1, 0.15) is 31.9 Å². The fourth-order valence-electron chi connectivity index (χ4n) is 3.20. The summed E-state index contributed by atoms with van der Waals surface area (Å²) in [5, 5.41) is 4.15. The monoisotopic (exact) mass is 501 g/mol. The highest BCUT2D eigenvalue weighted by molar-refractivity contribution is 9.10. The van der Waals surface area contributed by atoms with Gasteiger partial charge < -0.3 is 14.0 Å². The van der Waals surface area contributed by atoms with E-state index in [-0.39, 0.29) is 12.5 Å². The van der Waals surface area contributed by atoms with Crippen LogP contribution in [-0.4, -0.2) is 47.3 Å². The topological polar surface area (TPSA) is 77.7 Å². The van der Waals surface area contributed by atoms with Crippen molar-refractivity contribution in [2.45, 2.75) is 39.5 Å². The molecule has 32 heavy (non-hydrogen) atoms. The van der Waals surface area contributed by atoms with Crippen LogP contribution in [0.4, 0.5) is 0 Å². The number of nitrogens with zero attached hydrogens (tertiary/aromatic N) is 3. The van der Waals surface area contributed by atoms with E-state index in [1.54, 1.807) is 7.11 Å². The van der Waals surface area contributed by atoms with Crippen molar-refractivity contribution in [2.24, 2.45) is 0 Å². The standard InChI is InChI=1S/C24H28BrN3O4/c1-24(2,3)31-21(29)14-28(4)13-16-7-6-8-17(11-16)22-26-23(32-27-22)18-9-10-20(25)19(12-18)15-30-5/h6-12H,13-15H2,1-5H3. The smallest absolute Gasteiger partial charge is 0.320 e. The van der Waals surface area contributed by atoms with Gasteiger partial charge >= 0.3 is 5.97 Å². The molecule has 0 radical (unpaired) electrons. The Kier molecular flexibility index (Phi) is 7.82. The van der Waals surface area contributed by atoms with Crippen LogP contribution in [0.25, 0.3) is 22.8 Å². The first kappa shape index (κ1) is 24.1. The van der Waals surface area contributed by atoms with E-state index in [1.807, 2.05) is 75.2 Å². The van der Waals surface area contributed by atoms with Gasteiger partial charge in [-0.15, -0.1) is 0 Å². The number of aromatic nitrogens is 2. The van der Waals surface area contributed by atoms with Crippen molar-refractivity contribution in [1.82, 2.24) is 15.0 Å². The Morgan fingerprint density at radius 3 is 2.66 bits per heavy atom. The molecular weight excluding hydrogens is 474 g/mol. The predicted octanol–water partition coefficient (Wildman–Crippen LogP) is 5.09. The van der Waals surface area contributed by atoms with Gasteiger partial charge in [-0.3, -0.25) is 9.69 Å². The summed E-state index contributed by atoms with van der Waals surface area (Å²) in [5.74, 6) is 0.700. The third kappa shape index (κ3) is 6.72. The molecule has 0 spiro atoms. The maximum absolute atomic E-state index is 12.1. The zero-order valence-corrected chi connectivity index (χ0v) is 20.6. The molecule has 1 heterocycles. The second-order valence-corrected chi connectivity index (χ2v) is 9.48. The number of likely N-dealkylation sites (N-methyl/N-ethyl adjacent to an activating group) is 1. The van der Waals surface area contributed by atoms with Crippen molar-refractivity contribution in [3.8, 4) is 22.8 Å². The molecule has 0 N–H and O–H groups in total. The number of carbonyl (C=O) groups excluding carboxylic acids is 1. The van der Waals surface area contributed by atoms with Gasteiger partial charge in [0.05, 0.1) is 13.2 Å². The highest BCUT2D eigenvalue weighted by Crippen LogP contribution is 2.27. The summed E-state index contributed by atoms with van der Waals surface area (Å²) >= 11 is 3.52. The first-order valence-electron chi connectivity index (χ1n) is 10.3. The van der Waals surface area contributed by atoms with Gasteiger partial charge in [0.2, 0.25) is 5.82 Å². The molecule has 0 saturated heterocycles. The lowest BCUT2D eigenvalue weighted by atomic mass is 10.1. The molecule has 0 bridgehead atoms. The summed E-state index contributed by atoms with van der Waals surface area (Å²) in [6.07, 6.45) is 0. The van der Waals surface area contributed by atoms with Gasteiger partial charge in [-0.25, -0.2) is 0 Å². The zero-order valence-electron chi connectivity index (χ0n) is 19.0. The molecule has 2 aromatic carbocycles. The summed E-state index contributed by atoms with van der Waals surface area (Å²) in [4.78, 5) is 18.5. The molecule has 0 aliphatic carbocycles. The number of halogens is 1. The third-order valence-corrected chi connectivity index (χ3v) is 5.25. The van der Waals surface area contributed by atoms with Crippen LogP contribution in [0.2, 0.25) is 0 Å². The second kappa shape index (κ2) is 10.4. The van der Waals surface area contributed by atoms with Gasteiger partial charge in [0.1, 0.15) is 5.60 Å². The fourth-order valence-corrected chi connectivity index (χ4v) is 3.56. The van der Waals surface area contributed by atoms with Gasteiger partial charge in [-0.05, 0) is 63.2 Å². The predicted molar refractivity (Wildman–Crippen MR) is 126 cm³/mol. The van der Waals surface area contributed by atoms with E-state index in [0.717, 1.165) is 26.7 Å². The van der Waals surface area contributed by atoms with E-state index < -0.39 is 5.60 Å². The molecule has 0 fully saturated rings. The molecule has 1 aromatic heterocycles. The van der Waals surface area contributed by atoms with Crippen molar-refractivity contribution in [3.63, 3.8) is 0 Å². The molecule has 3 rings (SSSR count). The van der Waals surface area contributed by atoms with E-state index in [0.29, 0.717) is 24.9 Å². The van der Waals surface area contributed by atoms with Crippen LogP contribution in [0.5, 0.6) is 0 Å². The minimum atomic E-state index is -0.493. The molecule has 0 atom stereocenters. The van der Waals surface area contributed by atoms with Crippen molar-refractivity contribution >= 4 is 21.9 Å². The van der Waals surface area contributed by atoms with Crippen molar-refractivity contribution in [2.75, 3.05) is 20.7 Å². The number of hydrogen-bond donors (Lipinski definition) is 0. The Labute approximate surface area is 196 Å². The van der Waals surface area contributed by atoms with E-state index in [2.05, 4.69) is 26.1 Å². The summed E-state index contributed by atoms with van der Waals surface area (Å²) in [7, 11) is 3.54. The van der Waals surface area contributed by atoms with E-state index in [1.165, 1.54) is 0 Å². The normalized spacial score (nSPS) is 11.7. The van der Waals surface area contributed by atoms with Crippen LogP contribution < -0.4 is 0 Å². The number of methoxy groups -OCH3 is 1. The quantitative estimate of drug-likeness (QED) is 0.398. The largest absolute Gasteiger partial charge is 0.459 e. The van der Waals surface area contributed by atoms with Crippen LogP contribution in [0.3, 0.4) is 0 Å². The third-order valence-electron chi connectivity index (χ3n) is 4.48. The average molecular weight is 502 g/mol. The van der Waals surface area contributed by atoms with Gasteiger partial charge in [0.15, 0.2) is 0 Å². The van der Waals surface area contributed by atoms with E-state index >= 15 is 0 Å². The minimum absolute atomic E-state index is 0.210. The van der Waals surface area contributed by atoms with Crippen molar-refractivity contribution in [1.29, 1.82) is 0 Å². The maximum atomic E-state index is 12.1. The molecule has 0 aliphatic heterocycles. The van der Waals surface area contributed by atoms with Gasteiger partial charge in [-0.1, -0.05) is 39.3 Å². The molecule has 0 unspecified atom stereocenters. The van der Waals surface area contributed by atoms with Gasteiger partial charge in [0, 0.05) is 29.3 Å². The Morgan fingerprint density at radius 2 is 1.94 bits per heavy atom. The molecule has 170 valence electrons. The molecule has 8 heteroatoms. The lowest BCUT2D eigenvalue weighted by Crippen LogP contribution is -2.32. The molecule has 0 amide bonds.